The number of halogens is 1. The van der Waals surface area contributed by atoms with Gasteiger partial charge in [-0.1, -0.05) is 29.8 Å². The fraction of sp³-hybridized carbons (Fsp3) is 0.471. The Labute approximate surface area is 151 Å². The maximum atomic E-state index is 12.1. The van der Waals surface area contributed by atoms with Gasteiger partial charge in [-0.15, -0.1) is 21.5 Å². The lowest BCUT2D eigenvalue weighted by molar-refractivity contribution is -0.122. The molecule has 24 heavy (non-hydrogen) atoms. The Balaban J connectivity index is 1.42. The van der Waals surface area contributed by atoms with E-state index >= 15 is 0 Å². The molecule has 0 aliphatic carbocycles. The molecule has 128 valence electrons. The first-order valence-corrected chi connectivity index (χ1v) is 9.33. The monoisotopic (exact) mass is 364 g/mol. The highest BCUT2D eigenvalue weighted by Crippen LogP contribution is 2.29. The molecule has 7 heteroatoms. The lowest BCUT2D eigenvalue weighted by Gasteiger charge is -2.30. The highest BCUT2D eigenvalue weighted by molar-refractivity contribution is 7.11. The van der Waals surface area contributed by atoms with Crippen LogP contribution in [0, 0.1) is 6.92 Å². The maximum Gasteiger partial charge on any atom is 0.234 e. The number of benzene rings is 1. The van der Waals surface area contributed by atoms with Crippen LogP contribution in [0.25, 0.3) is 0 Å². The first kappa shape index (κ1) is 17.3. The third-order valence-corrected chi connectivity index (χ3v) is 5.65. The highest BCUT2D eigenvalue weighted by Gasteiger charge is 2.24. The van der Waals surface area contributed by atoms with Crippen LogP contribution in [0.4, 0.5) is 0 Å². The summed E-state index contributed by atoms with van der Waals surface area (Å²) in [6.07, 6.45) is 2.07. The van der Waals surface area contributed by atoms with Crippen molar-refractivity contribution in [3.8, 4) is 0 Å². The quantitative estimate of drug-likeness (QED) is 0.886. The molecular weight excluding hydrogens is 344 g/mol. The first-order valence-electron chi connectivity index (χ1n) is 8.14. The Morgan fingerprint density at radius 3 is 2.75 bits per heavy atom. The number of aryl methyl sites for hydroxylation is 1. The largest absolute Gasteiger partial charge is 0.351 e. The fourth-order valence-electron chi connectivity index (χ4n) is 2.91. The molecule has 1 aliphatic rings. The standard InChI is InChI=1S/C17H21ClN4OS/c1-12-20-21-17(24-12)13-6-8-22(9-7-13)11-16(23)19-10-14-4-2-3-5-15(14)18/h2-5,13H,6-11H2,1H3,(H,19,23). The first-order chi connectivity index (χ1) is 11.6. The molecule has 0 atom stereocenters. The molecule has 1 aromatic carbocycles. The van der Waals surface area contributed by atoms with Gasteiger partial charge < -0.3 is 5.32 Å². The van der Waals surface area contributed by atoms with Crippen LogP contribution in [0.1, 0.15) is 34.3 Å². The van der Waals surface area contributed by atoms with E-state index in [0.717, 1.165) is 41.5 Å². The normalized spacial score (nSPS) is 16.2. The van der Waals surface area contributed by atoms with Gasteiger partial charge in [-0.2, -0.15) is 0 Å². The summed E-state index contributed by atoms with van der Waals surface area (Å²) in [4.78, 5) is 14.3. The van der Waals surface area contributed by atoms with E-state index in [4.69, 9.17) is 11.6 Å². The van der Waals surface area contributed by atoms with E-state index in [9.17, 15) is 4.79 Å². The van der Waals surface area contributed by atoms with Crippen LogP contribution in [-0.2, 0) is 11.3 Å². The van der Waals surface area contributed by atoms with Gasteiger partial charge in [-0.05, 0) is 44.5 Å². The van der Waals surface area contributed by atoms with Crippen LogP contribution >= 0.6 is 22.9 Å². The van der Waals surface area contributed by atoms with Crippen molar-refractivity contribution in [2.75, 3.05) is 19.6 Å². The van der Waals surface area contributed by atoms with E-state index in [-0.39, 0.29) is 5.91 Å². The molecule has 1 aromatic heterocycles. The van der Waals surface area contributed by atoms with Gasteiger partial charge in [0.1, 0.15) is 10.0 Å². The molecule has 2 aromatic rings. The number of carbonyl (C=O) groups excluding carboxylic acids is 1. The molecule has 1 N–H and O–H groups in total. The number of amides is 1. The second-order valence-corrected chi connectivity index (χ2v) is 7.70. The van der Waals surface area contributed by atoms with Crippen molar-refractivity contribution in [3.05, 3.63) is 44.9 Å². The zero-order valence-electron chi connectivity index (χ0n) is 13.7. The summed E-state index contributed by atoms with van der Waals surface area (Å²) in [6, 6.07) is 7.58. The number of nitrogens with zero attached hydrogens (tertiary/aromatic N) is 3. The van der Waals surface area contributed by atoms with E-state index < -0.39 is 0 Å². The number of rotatable bonds is 5. The van der Waals surface area contributed by atoms with Gasteiger partial charge in [-0.3, -0.25) is 9.69 Å². The van der Waals surface area contributed by atoms with Crippen LogP contribution in [0.5, 0.6) is 0 Å². The highest BCUT2D eigenvalue weighted by atomic mass is 35.5. The molecule has 0 saturated carbocycles. The summed E-state index contributed by atoms with van der Waals surface area (Å²) in [5.41, 5.74) is 0.942. The number of hydrogen-bond acceptors (Lipinski definition) is 5. The van der Waals surface area contributed by atoms with E-state index in [2.05, 4.69) is 20.4 Å². The molecule has 1 aliphatic heterocycles. The summed E-state index contributed by atoms with van der Waals surface area (Å²) in [7, 11) is 0. The Bertz CT molecular complexity index is 697. The van der Waals surface area contributed by atoms with Crippen molar-refractivity contribution in [1.82, 2.24) is 20.4 Å². The number of piperidine rings is 1. The van der Waals surface area contributed by atoms with Gasteiger partial charge in [0.2, 0.25) is 5.91 Å². The fourth-order valence-corrected chi connectivity index (χ4v) is 3.98. The predicted octanol–water partition coefficient (Wildman–Crippen LogP) is 3.00. The number of aromatic nitrogens is 2. The zero-order chi connectivity index (χ0) is 16.9. The molecule has 0 bridgehead atoms. The summed E-state index contributed by atoms with van der Waals surface area (Å²) < 4.78 is 0. The smallest absolute Gasteiger partial charge is 0.234 e. The average molecular weight is 365 g/mol. The molecule has 1 saturated heterocycles. The predicted molar refractivity (Wildman–Crippen MR) is 96.4 cm³/mol. The van der Waals surface area contributed by atoms with Gasteiger partial charge >= 0.3 is 0 Å². The minimum Gasteiger partial charge on any atom is -0.351 e. The third-order valence-electron chi connectivity index (χ3n) is 4.28. The van der Waals surface area contributed by atoms with Crippen molar-refractivity contribution in [2.24, 2.45) is 0 Å². The summed E-state index contributed by atoms with van der Waals surface area (Å²) in [6.45, 7) is 4.73. The van der Waals surface area contributed by atoms with Crippen LogP contribution in [0.2, 0.25) is 5.02 Å². The number of hydrogen-bond donors (Lipinski definition) is 1. The van der Waals surface area contributed by atoms with Crippen LogP contribution in [0.3, 0.4) is 0 Å². The second kappa shape index (κ2) is 8.05. The Morgan fingerprint density at radius 2 is 2.08 bits per heavy atom. The average Bonchev–Trinajstić information content (AvgIpc) is 3.01. The summed E-state index contributed by atoms with van der Waals surface area (Å²) >= 11 is 7.79. The Kier molecular flexibility index (Phi) is 5.81. The molecule has 3 rings (SSSR count). The number of nitrogens with one attached hydrogen (secondary N) is 1. The van der Waals surface area contributed by atoms with Crippen molar-refractivity contribution >= 4 is 28.8 Å². The lowest BCUT2D eigenvalue weighted by Crippen LogP contribution is -2.41. The summed E-state index contributed by atoms with van der Waals surface area (Å²) in [5, 5.41) is 14.1. The minimum absolute atomic E-state index is 0.0418. The van der Waals surface area contributed by atoms with Crippen LogP contribution in [0.15, 0.2) is 24.3 Å². The second-order valence-electron chi connectivity index (χ2n) is 6.08. The van der Waals surface area contributed by atoms with E-state index in [1.54, 1.807) is 11.3 Å². The number of likely N-dealkylation sites (tertiary alicyclic amines) is 1. The molecule has 0 radical (unpaired) electrons. The van der Waals surface area contributed by atoms with Crippen molar-refractivity contribution in [1.29, 1.82) is 0 Å². The molecule has 0 spiro atoms. The third kappa shape index (κ3) is 4.53. The molecule has 1 fully saturated rings. The van der Waals surface area contributed by atoms with Crippen molar-refractivity contribution in [3.63, 3.8) is 0 Å². The molecule has 2 heterocycles. The van der Waals surface area contributed by atoms with Gasteiger partial charge in [0.05, 0.1) is 6.54 Å². The molecule has 5 nitrogen and oxygen atoms in total. The van der Waals surface area contributed by atoms with E-state index in [1.807, 2.05) is 31.2 Å². The van der Waals surface area contributed by atoms with Crippen LogP contribution in [-0.4, -0.2) is 40.6 Å². The van der Waals surface area contributed by atoms with E-state index in [1.165, 1.54) is 0 Å². The van der Waals surface area contributed by atoms with Gasteiger partial charge in [0.25, 0.3) is 0 Å². The number of carbonyl (C=O) groups is 1. The van der Waals surface area contributed by atoms with E-state index in [0.29, 0.717) is 24.0 Å². The van der Waals surface area contributed by atoms with Gasteiger partial charge in [-0.25, -0.2) is 0 Å². The topological polar surface area (TPSA) is 58.1 Å². The van der Waals surface area contributed by atoms with Gasteiger partial charge in [0, 0.05) is 17.5 Å². The van der Waals surface area contributed by atoms with Crippen LogP contribution < -0.4 is 5.32 Å². The molecule has 0 unspecified atom stereocenters. The van der Waals surface area contributed by atoms with Crippen molar-refractivity contribution < 1.29 is 4.79 Å². The zero-order valence-corrected chi connectivity index (χ0v) is 15.2. The van der Waals surface area contributed by atoms with Crippen molar-refractivity contribution in [2.45, 2.75) is 32.2 Å². The maximum absolute atomic E-state index is 12.1. The SMILES string of the molecule is Cc1nnc(C2CCN(CC(=O)NCc3ccccc3Cl)CC2)s1. The summed E-state index contributed by atoms with van der Waals surface area (Å²) in [5.74, 6) is 0.527. The Hall–Kier alpha value is -1.50. The minimum atomic E-state index is 0.0418. The lowest BCUT2D eigenvalue weighted by atomic mass is 9.98. The molecule has 1 amide bonds. The van der Waals surface area contributed by atoms with Gasteiger partial charge in [0.15, 0.2) is 0 Å². The molecular formula is C17H21ClN4OS. The Morgan fingerprint density at radius 1 is 1.33 bits per heavy atom.